The second-order valence-electron chi connectivity index (χ2n) is 4.96. The minimum absolute atomic E-state index is 0.121. The fraction of sp³-hybridized carbons (Fsp3) is 0.333. The molecule has 0 aliphatic heterocycles. The lowest BCUT2D eigenvalue weighted by atomic mass is 9.77. The Kier molecular flexibility index (Phi) is 4.26. The molecule has 0 spiro atoms. The van der Waals surface area contributed by atoms with E-state index in [1.165, 1.54) is 31.4 Å². The summed E-state index contributed by atoms with van der Waals surface area (Å²) in [6, 6.07) is 4.29. The van der Waals surface area contributed by atoms with Crippen molar-refractivity contribution in [2.75, 3.05) is 7.11 Å². The van der Waals surface area contributed by atoms with Crippen molar-refractivity contribution in [2.24, 2.45) is 0 Å². The molecule has 0 radical (unpaired) electrons. The molecule has 6 heteroatoms. The summed E-state index contributed by atoms with van der Waals surface area (Å²) in [5.41, 5.74) is -0.659. The molecule has 0 saturated heterocycles. The zero-order chi connectivity index (χ0) is 15.5. The normalized spacial score (nSPS) is 16.3. The first-order chi connectivity index (χ1) is 9.97. The van der Waals surface area contributed by atoms with E-state index >= 15 is 0 Å². The van der Waals surface area contributed by atoms with Crippen molar-refractivity contribution >= 4 is 18.0 Å². The average Bonchev–Trinajstić information content (AvgIpc) is 2.40. The molecule has 1 aromatic rings. The quantitative estimate of drug-likeness (QED) is 0.814. The van der Waals surface area contributed by atoms with Crippen LogP contribution in [-0.4, -0.2) is 29.6 Å². The summed E-state index contributed by atoms with van der Waals surface area (Å²) in [6.45, 7) is 0. The second kappa shape index (κ2) is 5.95. The van der Waals surface area contributed by atoms with Gasteiger partial charge in [-0.05, 0) is 43.0 Å². The van der Waals surface area contributed by atoms with E-state index < -0.39 is 23.2 Å². The highest BCUT2D eigenvalue weighted by Crippen LogP contribution is 2.32. The molecule has 2 N–H and O–H groups in total. The van der Waals surface area contributed by atoms with Crippen molar-refractivity contribution in [1.29, 1.82) is 0 Å². The smallest absolute Gasteiger partial charge is 0.329 e. The molecule has 0 unspecified atom stereocenters. The van der Waals surface area contributed by atoms with Crippen LogP contribution in [0.25, 0.3) is 6.08 Å². The van der Waals surface area contributed by atoms with Gasteiger partial charge in [0.1, 0.15) is 5.54 Å². The number of hydrogen-bond donors (Lipinski definition) is 2. The van der Waals surface area contributed by atoms with Gasteiger partial charge in [0.15, 0.2) is 11.6 Å². The van der Waals surface area contributed by atoms with Gasteiger partial charge in [0, 0.05) is 6.08 Å². The number of carbonyl (C=O) groups is 2. The van der Waals surface area contributed by atoms with Crippen LogP contribution in [0.15, 0.2) is 24.3 Å². The van der Waals surface area contributed by atoms with Crippen LogP contribution in [0.5, 0.6) is 5.75 Å². The van der Waals surface area contributed by atoms with E-state index in [0.717, 1.165) is 6.42 Å². The topological polar surface area (TPSA) is 75.6 Å². The van der Waals surface area contributed by atoms with Crippen LogP contribution < -0.4 is 10.1 Å². The first-order valence-electron chi connectivity index (χ1n) is 6.54. The Morgan fingerprint density at radius 3 is 2.62 bits per heavy atom. The minimum Gasteiger partial charge on any atom is -0.494 e. The Balaban J connectivity index is 2.02. The third-order valence-electron chi connectivity index (χ3n) is 3.58. The summed E-state index contributed by atoms with van der Waals surface area (Å²) in [7, 11) is 1.37. The van der Waals surface area contributed by atoms with E-state index in [9.17, 15) is 14.0 Å². The highest BCUT2D eigenvalue weighted by atomic mass is 19.1. The Morgan fingerprint density at radius 1 is 1.43 bits per heavy atom. The molecule has 112 valence electrons. The Labute approximate surface area is 121 Å². The minimum atomic E-state index is -1.15. The highest BCUT2D eigenvalue weighted by molar-refractivity contribution is 5.96. The van der Waals surface area contributed by atoms with E-state index in [2.05, 4.69) is 5.32 Å². The molecule has 0 atom stereocenters. The van der Waals surface area contributed by atoms with Crippen LogP contribution in [0.3, 0.4) is 0 Å². The fourth-order valence-electron chi connectivity index (χ4n) is 2.16. The van der Waals surface area contributed by atoms with Crippen LogP contribution in [0.2, 0.25) is 0 Å². The maximum atomic E-state index is 13.5. The lowest BCUT2D eigenvalue weighted by molar-refractivity contribution is -0.151. The number of amides is 1. The molecule has 1 aromatic carbocycles. The summed E-state index contributed by atoms with van der Waals surface area (Å²) in [5.74, 6) is -1.93. The standard InChI is InChI=1S/C15H16FNO4/c1-21-12-5-3-10(9-11(12)16)4-6-13(18)17-15(14(19)20)7-2-8-15/h3-6,9H,2,7-8H2,1H3,(H,17,18)(H,19,20)/b6-4+. The molecule has 1 aliphatic carbocycles. The van der Waals surface area contributed by atoms with Gasteiger partial charge in [0.2, 0.25) is 5.91 Å². The van der Waals surface area contributed by atoms with Gasteiger partial charge < -0.3 is 15.2 Å². The van der Waals surface area contributed by atoms with Crippen LogP contribution in [0.1, 0.15) is 24.8 Å². The van der Waals surface area contributed by atoms with E-state index in [1.807, 2.05) is 0 Å². The number of methoxy groups -OCH3 is 1. The first-order valence-corrected chi connectivity index (χ1v) is 6.54. The Hall–Kier alpha value is -2.37. The van der Waals surface area contributed by atoms with Gasteiger partial charge >= 0.3 is 5.97 Å². The predicted molar refractivity (Wildman–Crippen MR) is 74.3 cm³/mol. The van der Waals surface area contributed by atoms with Crippen LogP contribution in [-0.2, 0) is 9.59 Å². The molecule has 2 rings (SSSR count). The molecule has 1 saturated carbocycles. The Morgan fingerprint density at radius 2 is 2.14 bits per heavy atom. The number of carbonyl (C=O) groups excluding carboxylic acids is 1. The van der Waals surface area contributed by atoms with E-state index in [-0.39, 0.29) is 5.75 Å². The number of hydrogen-bond acceptors (Lipinski definition) is 3. The molecule has 21 heavy (non-hydrogen) atoms. The van der Waals surface area contributed by atoms with Gasteiger partial charge in [-0.15, -0.1) is 0 Å². The number of rotatable bonds is 5. The van der Waals surface area contributed by atoms with E-state index in [4.69, 9.17) is 9.84 Å². The predicted octanol–water partition coefficient (Wildman–Crippen LogP) is 1.97. The number of aliphatic carboxylic acids is 1. The molecule has 1 fully saturated rings. The van der Waals surface area contributed by atoms with Crippen LogP contribution in [0.4, 0.5) is 4.39 Å². The SMILES string of the molecule is COc1ccc(/C=C/C(=O)NC2(C(=O)O)CCC2)cc1F. The molecule has 1 aliphatic rings. The zero-order valence-electron chi connectivity index (χ0n) is 11.6. The lowest BCUT2D eigenvalue weighted by Gasteiger charge is -2.37. The van der Waals surface area contributed by atoms with Crippen LogP contribution in [0, 0.1) is 5.82 Å². The third kappa shape index (κ3) is 3.21. The number of nitrogens with one attached hydrogen (secondary N) is 1. The molecule has 0 aromatic heterocycles. The number of ether oxygens (including phenoxy) is 1. The molecular formula is C15H16FNO4. The number of carboxylic acid groups (broad SMARTS) is 1. The van der Waals surface area contributed by atoms with Crippen molar-refractivity contribution < 1.29 is 23.8 Å². The van der Waals surface area contributed by atoms with Gasteiger partial charge in [-0.2, -0.15) is 0 Å². The summed E-state index contributed by atoms with van der Waals surface area (Å²) in [4.78, 5) is 22.9. The number of carboxylic acids is 1. The number of halogens is 1. The number of benzene rings is 1. The summed E-state index contributed by atoms with van der Waals surface area (Å²) in [5, 5.41) is 11.6. The van der Waals surface area contributed by atoms with Crippen molar-refractivity contribution in [2.45, 2.75) is 24.8 Å². The van der Waals surface area contributed by atoms with Crippen molar-refractivity contribution in [3.63, 3.8) is 0 Å². The van der Waals surface area contributed by atoms with E-state index in [1.54, 1.807) is 6.07 Å². The molecule has 5 nitrogen and oxygen atoms in total. The van der Waals surface area contributed by atoms with Gasteiger partial charge in [-0.25, -0.2) is 9.18 Å². The van der Waals surface area contributed by atoms with E-state index in [0.29, 0.717) is 18.4 Å². The fourth-order valence-corrected chi connectivity index (χ4v) is 2.16. The highest BCUT2D eigenvalue weighted by Gasteiger charge is 2.45. The average molecular weight is 293 g/mol. The van der Waals surface area contributed by atoms with Crippen molar-refractivity contribution in [3.8, 4) is 5.75 Å². The summed E-state index contributed by atoms with van der Waals surface area (Å²) in [6.07, 6.45) is 4.26. The summed E-state index contributed by atoms with van der Waals surface area (Å²) < 4.78 is 18.3. The lowest BCUT2D eigenvalue weighted by Crippen LogP contribution is -2.58. The second-order valence-corrected chi connectivity index (χ2v) is 4.96. The van der Waals surface area contributed by atoms with Gasteiger partial charge in [-0.3, -0.25) is 4.79 Å². The third-order valence-corrected chi connectivity index (χ3v) is 3.58. The molecule has 1 amide bonds. The van der Waals surface area contributed by atoms with Crippen molar-refractivity contribution in [1.82, 2.24) is 5.32 Å². The zero-order valence-corrected chi connectivity index (χ0v) is 11.6. The monoisotopic (exact) mass is 293 g/mol. The van der Waals surface area contributed by atoms with Crippen LogP contribution >= 0.6 is 0 Å². The van der Waals surface area contributed by atoms with Gasteiger partial charge in [0.25, 0.3) is 0 Å². The molecule has 0 bridgehead atoms. The summed E-state index contributed by atoms with van der Waals surface area (Å²) >= 11 is 0. The van der Waals surface area contributed by atoms with Gasteiger partial charge in [0.05, 0.1) is 7.11 Å². The van der Waals surface area contributed by atoms with Gasteiger partial charge in [-0.1, -0.05) is 6.07 Å². The Bertz CT molecular complexity index is 593. The maximum Gasteiger partial charge on any atom is 0.329 e. The maximum absolute atomic E-state index is 13.5. The molecule has 0 heterocycles. The molecular weight excluding hydrogens is 277 g/mol. The largest absolute Gasteiger partial charge is 0.494 e. The first kappa shape index (κ1) is 15.0. The van der Waals surface area contributed by atoms with Crippen molar-refractivity contribution in [3.05, 3.63) is 35.7 Å².